The number of likely N-dealkylation sites (N-methyl/N-ethyl adjacent to an activating group) is 1. The minimum Gasteiger partial charge on any atom is -0.481 e. The van der Waals surface area contributed by atoms with Crippen LogP contribution >= 0.6 is 12.4 Å². The highest BCUT2D eigenvalue weighted by Crippen LogP contribution is 2.13. The average molecular weight is 237 g/mol. The highest BCUT2D eigenvalue weighted by molar-refractivity contribution is 5.85. The van der Waals surface area contributed by atoms with Crippen molar-refractivity contribution in [3.63, 3.8) is 0 Å². The molecule has 1 unspecified atom stereocenters. The van der Waals surface area contributed by atoms with Gasteiger partial charge in [-0.2, -0.15) is 0 Å². The van der Waals surface area contributed by atoms with Gasteiger partial charge in [-0.3, -0.25) is 4.79 Å². The molecule has 0 aromatic carbocycles. The van der Waals surface area contributed by atoms with Crippen molar-refractivity contribution in [1.82, 2.24) is 9.80 Å². The fourth-order valence-corrected chi connectivity index (χ4v) is 1.91. The van der Waals surface area contributed by atoms with Gasteiger partial charge in [-0.1, -0.05) is 0 Å². The van der Waals surface area contributed by atoms with Crippen LogP contribution in [0.15, 0.2) is 0 Å². The molecule has 1 heterocycles. The van der Waals surface area contributed by atoms with Crippen molar-refractivity contribution < 1.29 is 9.90 Å². The summed E-state index contributed by atoms with van der Waals surface area (Å²) in [4.78, 5) is 14.9. The molecule has 15 heavy (non-hydrogen) atoms. The molecule has 0 aromatic rings. The number of hydrogen-bond acceptors (Lipinski definition) is 3. The summed E-state index contributed by atoms with van der Waals surface area (Å²) in [5, 5.41) is 8.58. The molecule has 0 amide bonds. The van der Waals surface area contributed by atoms with Gasteiger partial charge in [0.25, 0.3) is 0 Å². The minimum atomic E-state index is -0.697. The molecule has 0 aromatic heterocycles. The van der Waals surface area contributed by atoms with E-state index in [4.69, 9.17) is 5.11 Å². The van der Waals surface area contributed by atoms with Crippen LogP contribution < -0.4 is 0 Å². The second-order valence-electron chi connectivity index (χ2n) is 4.20. The van der Waals surface area contributed by atoms with E-state index in [1.54, 1.807) is 0 Å². The Morgan fingerprint density at radius 3 is 2.73 bits per heavy atom. The van der Waals surface area contributed by atoms with Gasteiger partial charge in [0.1, 0.15) is 0 Å². The van der Waals surface area contributed by atoms with Crippen molar-refractivity contribution in [2.45, 2.75) is 25.3 Å². The number of carbonyl (C=O) groups is 1. The van der Waals surface area contributed by atoms with Crippen molar-refractivity contribution in [3.05, 3.63) is 0 Å². The van der Waals surface area contributed by atoms with E-state index in [9.17, 15) is 4.79 Å². The second kappa shape index (κ2) is 7.04. The molecule has 0 spiro atoms. The molecule has 0 saturated carbocycles. The topological polar surface area (TPSA) is 43.8 Å². The molecule has 1 rings (SSSR count). The maximum Gasteiger partial charge on any atom is 0.304 e. The van der Waals surface area contributed by atoms with Crippen molar-refractivity contribution in [2.24, 2.45) is 0 Å². The number of rotatable bonds is 4. The highest BCUT2D eigenvalue weighted by atomic mass is 35.5. The Balaban J connectivity index is 0.00000196. The number of carboxylic acid groups (broad SMARTS) is 1. The number of likely N-dealkylation sites (tertiary alicyclic amines) is 1. The molecule has 0 aliphatic carbocycles. The second-order valence-corrected chi connectivity index (χ2v) is 4.20. The minimum absolute atomic E-state index is 0. The molecular formula is C10H21ClN2O2. The Labute approximate surface area is 97.6 Å². The third-order valence-electron chi connectivity index (χ3n) is 2.85. The summed E-state index contributed by atoms with van der Waals surface area (Å²) in [5.41, 5.74) is 0. The molecule has 1 aliphatic rings. The van der Waals surface area contributed by atoms with E-state index in [0.29, 0.717) is 12.6 Å². The Morgan fingerprint density at radius 2 is 2.20 bits per heavy atom. The predicted molar refractivity (Wildman–Crippen MR) is 62.6 cm³/mol. The predicted octanol–water partition coefficient (Wildman–Crippen LogP) is 0.909. The Bertz CT molecular complexity index is 200. The van der Waals surface area contributed by atoms with Crippen LogP contribution in [0.25, 0.3) is 0 Å². The molecule has 90 valence electrons. The van der Waals surface area contributed by atoms with Gasteiger partial charge in [0.05, 0.1) is 6.42 Å². The summed E-state index contributed by atoms with van der Waals surface area (Å²) in [5.74, 6) is -0.697. The molecule has 0 radical (unpaired) electrons. The lowest BCUT2D eigenvalue weighted by molar-refractivity contribution is -0.137. The average Bonchev–Trinajstić information content (AvgIpc) is 2.15. The summed E-state index contributed by atoms with van der Waals surface area (Å²) < 4.78 is 0. The first-order chi connectivity index (χ1) is 6.59. The normalized spacial score (nSPS) is 22.5. The monoisotopic (exact) mass is 236 g/mol. The zero-order chi connectivity index (χ0) is 10.6. The van der Waals surface area contributed by atoms with Crippen LogP contribution in [0, 0.1) is 0 Å². The molecule has 1 saturated heterocycles. The van der Waals surface area contributed by atoms with E-state index in [2.05, 4.69) is 23.9 Å². The molecule has 0 bridgehead atoms. The van der Waals surface area contributed by atoms with Crippen LogP contribution in [-0.4, -0.2) is 60.6 Å². The lowest BCUT2D eigenvalue weighted by Gasteiger charge is -2.35. The number of halogens is 1. The van der Waals surface area contributed by atoms with Gasteiger partial charge >= 0.3 is 5.97 Å². The summed E-state index contributed by atoms with van der Waals surface area (Å²) in [6.07, 6.45) is 2.68. The Hall–Kier alpha value is -0.320. The van der Waals surface area contributed by atoms with Gasteiger partial charge in [0.2, 0.25) is 0 Å². The highest BCUT2D eigenvalue weighted by Gasteiger charge is 2.21. The van der Waals surface area contributed by atoms with E-state index in [1.165, 1.54) is 12.8 Å². The standard InChI is InChI=1S/C10H20N2O2.ClH/c1-11(2)9-4-3-6-12(8-9)7-5-10(13)14;/h9H,3-8H2,1-2H3,(H,13,14);1H. The Kier molecular flexibility index (Phi) is 6.89. The smallest absolute Gasteiger partial charge is 0.304 e. The zero-order valence-corrected chi connectivity index (χ0v) is 10.3. The first-order valence-corrected chi connectivity index (χ1v) is 5.20. The fraction of sp³-hybridized carbons (Fsp3) is 0.900. The van der Waals surface area contributed by atoms with Crippen molar-refractivity contribution in [2.75, 3.05) is 33.7 Å². The van der Waals surface area contributed by atoms with E-state index in [1.807, 2.05) is 0 Å². The molecule has 1 fully saturated rings. The summed E-state index contributed by atoms with van der Waals surface area (Å²) in [6, 6.07) is 0.595. The van der Waals surface area contributed by atoms with E-state index < -0.39 is 5.97 Å². The fourth-order valence-electron chi connectivity index (χ4n) is 1.91. The summed E-state index contributed by atoms with van der Waals surface area (Å²) in [6.45, 7) is 2.76. The zero-order valence-electron chi connectivity index (χ0n) is 9.48. The van der Waals surface area contributed by atoms with Crippen LogP contribution in [0.3, 0.4) is 0 Å². The number of aliphatic carboxylic acids is 1. The number of hydrogen-bond donors (Lipinski definition) is 1. The molecule has 4 nitrogen and oxygen atoms in total. The maximum atomic E-state index is 10.4. The van der Waals surface area contributed by atoms with Gasteiger partial charge in [0, 0.05) is 19.1 Å². The van der Waals surface area contributed by atoms with Gasteiger partial charge in [-0.15, -0.1) is 12.4 Å². The van der Waals surface area contributed by atoms with Crippen molar-refractivity contribution in [3.8, 4) is 0 Å². The molecule has 1 atom stereocenters. The SMILES string of the molecule is CN(C)C1CCCN(CCC(=O)O)C1.Cl. The first-order valence-electron chi connectivity index (χ1n) is 5.20. The van der Waals surface area contributed by atoms with E-state index >= 15 is 0 Å². The molecule has 1 aliphatic heterocycles. The number of piperidine rings is 1. The van der Waals surface area contributed by atoms with Crippen LogP contribution in [0.4, 0.5) is 0 Å². The maximum absolute atomic E-state index is 10.4. The van der Waals surface area contributed by atoms with E-state index in [-0.39, 0.29) is 18.8 Å². The van der Waals surface area contributed by atoms with Gasteiger partial charge in [-0.25, -0.2) is 0 Å². The third-order valence-corrected chi connectivity index (χ3v) is 2.85. The summed E-state index contributed by atoms with van der Waals surface area (Å²) in [7, 11) is 4.18. The number of nitrogens with zero attached hydrogens (tertiary/aromatic N) is 2. The lowest BCUT2D eigenvalue weighted by atomic mass is 10.0. The quantitative estimate of drug-likeness (QED) is 0.788. The van der Waals surface area contributed by atoms with Crippen LogP contribution in [-0.2, 0) is 4.79 Å². The first kappa shape index (κ1) is 14.7. The third kappa shape index (κ3) is 5.35. The molecule has 1 N–H and O–H groups in total. The Morgan fingerprint density at radius 1 is 1.53 bits per heavy atom. The van der Waals surface area contributed by atoms with Crippen LogP contribution in [0.5, 0.6) is 0 Å². The molecular weight excluding hydrogens is 216 g/mol. The van der Waals surface area contributed by atoms with Gasteiger partial charge < -0.3 is 14.9 Å². The summed E-state index contributed by atoms with van der Waals surface area (Å²) >= 11 is 0. The number of carboxylic acids is 1. The van der Waals surface area contributed by atoms with Crippen LogP contribution in [0.1, 0.15) is 19.3 Å². The van der Waals surface area contributed by atoms with Gasteiger partial charge in [-0.05, 0) is 33.5 Å². The molecule has 5 heteroatoms. The lowest BCUT2D eigenvalue weighted by Crippen LogP contribution is -2.45. The van der Waals surface area contributed by atoms with Crippen molar-refractivity contribution in [1.29, 1.82) is 0 Å². The largest absolute Gasteiger partial charge is 0.481 e. The van der Waals surface area contributed by atoms with Crippen molar-refractivity contribution >= 4 is 18.4 Å². The van der Waals surface area contributed by atoms with E-state index in [0.717, 1.165) is 13.1 Å². The van der Waals surface area contributed by atoms with Crippen LogP contribution in [0.2, 0.25) is 0 Å². The van der Waals surface area contributed by atoms with Gasteiger partial charge in [0.15, 0.2) is 0 Å².